The van der Waals surface area contributed by atoms with Gasteiger partial charge in [0.15, 0.2) is 5.78 Å². The third kappa shape index (κ3) is 3.05. The highest BCUT2D eigenvalue weighted by molar-refractivity contribution is 5.86. The average molecular weight is 289 g/mol. The second-order valence-corrected chi connectivity index (χ2v) is 6.55. The van der Waals surface area contributed by atoms with Crippen LogP contribution in [0.4, 0.5) is 0 Å². The first-order chi connectivity index (χ1) is 10.2. The lowest BCUT2D eigenvalue weighted by atomic mass is 9.84. The molecule has 3 atom stereocenters. The Balaban J connectivity index is 1.65. The van der Waals surface area contributed by atoms with Crippen LogP contribution in [0.2, 0.25) is 0 Å². The number of carbonyl (C=O) groups is 1. The van der Waals surface area contributed by atoms with E-state index in [1.54, 1.807) is 0 Å². The van der Waals surface area contributed by atoms with Gasteiger partial charge >= 0.3 is 0 Å². The molecule has 1 saturated carbocycles. The molecule has 21 heavy (non-hydrogen) atoms. The van der Waals surface area contributed by atoms with Crippen LogP contribution < -0.4 is 5.32 Å². The highest BCUT2D eigenvalue weighted by atomic mass is 16.1. The van der Waals surface area contributed by atoms with Crippen LogP contribution in [0, 0.1) is 5.92 Å². The second-order valence-electron chi connectivity index (χ2n) is 6.55. The van der Waals surface area contributed by atoms with Gasteiger partial charge in [-0.15, -0.1) is 0 Å². The Bertz CT molecular complexity index is 494. The van der Waals surface area contributed by atoms with Gasteiger partial charge in [0.1, 0.15) is 0 Å². The van der Waals surface area contributed by atoms with Crippen molar-refractivity contribution in [1.29, 1.82) is 0 Å². The van der Waals surface area contributed by atoms with E-state index in [1.807, 2.05) is 4.68 Å². The summed E-state index contributed by atoms with van der Waals surface area (Å²) in [7, 11) is 0. The largest absolute Gasteiger partial charge is 0.304 e. The third-order valence-corrected chi connectivity index (χ3v) is 5.18. The summed E-state index contributed by atoms with van der Waals surface area (Å²) in [6.07, 6.45) is 7.71. The van der Waals surface area contributed by atoms with E-state index in [-0.39, 0.29) is 6.04 Å². The highest BCUT2D eigenvalue weighted by Gasteiger charge is 2.38. The molecule has 1 N–H and O–H groups in total. The zero-order valence-corrected chi connectivity index (χ0v) is 13.3. The van der Waals surface area contributed by atoms with Crippen molar-refractivity contribution in [2.24, 2.45) is 5.92 Å². The predicted octanol–water partition coefficient (Wildman–Crippen LogP) is 2.50. The van der Waals surface area contributed by atoms with E-state index in [0.717, 1.165) is 36.7 Å². The van der Waals surface area contributed by atoms with Gasteiger partial charge in [-0.1, -0.05) is 19.8 Å². The topological polar surface area (TPSA) is 46.9 Å². The molecule has 3 rings (SSSR count). The summed E-state index contributed by atoms with van der Waals surface area (Å²) in [5.41, 5.74) is 2.17. The molecule has 3 unspecified atom stereocenters. The number of carbonyl (C=O) groups excluding carboxylic acids is 1. The van der Waals surface area contributed by atoms with Crippen molar-refractivity contribution in [3.63, 3.8) is 0 Å². The molecule has 116 valence electrons. The number of hydrogen-bond donors (Lipinski definition) is 1. The number of Topliss-reactive ketones (excluding diaryl/α,β-unsaturated/α-hetero) is 1. The van der Waals surface area contributed by atoms with Crippen LogP contribution in [0.3, 0.4) is 0 Å². The van der Waals surface area contributed by atoms with E-state index in [4.69, 9.17) is 0 Å². The summed E-state index contributed by atoms with van der Waals surface area (Å²) >= 11 is 0. The minimum atomic E-state index is 0.0726. The second kappa shape index (κ2) is 6.30. The number of aromatic nitrogens is 2. The van der Waals surface area contributed by atoms with Crippen LogP contribution >= 0.6 is 0 Å². The summed E-state index contributed by atoms with van der Waals surface area (Å²) in [5, 5.41) is 8.14. The predicted molar refractivity (Wildman–Crippen MR) is 83.3 cm³/mol. The lowest BCUT2D eigenvalue weighted by molar-refractivity contribution is -0.120. The van der Waals surface area contributed by atoms with Crippen molar-refractivity contribution in [1.82, 2.24) is 15.1 Å². The molecule has 0 bridgehead atoms. The Morgan fingerprint density at radius 1 is 1.38 bits per heavy atom. The molecule has 2 aliphatic rings. The lowest BCUT2D eigenvalue weighted by Gasteiger charge is -2.24. The Labute approximate surface area is 127 Å². The number of hydrogen-bond acceptors (Lipinski definition) is 3. The normalized spacial score (nSPS) is 28.6. The summed E-state index contributed by atoms with van der Waals surface area (Å²) in [5.74, 6) is 1.08. The average Bonchev–Trinajstić information content (AvgIpc) is 3.10. The van der Waals surface area contributed by atoms with E-state index in [0.29, 0.717) is 18.2 Å². The molecule has 2 heterocycles. The maximum Gasteiger partial charge on any atom is 0.155 e. The Morgan fingerprint density at radius 3 is 2.90 bits per heavy atom. The zero-order chi connectivity index (χ0) is 14.8. The SMILES string of the molecule is CCc1cc(CC(=O)C2CC3CCCCC3N2)n(CC)n1. The highest BCUT2D eigenvalue weighted by Crippen LogP contribution is 2.33. The van der Waals surface area contributed by atoms with Crippen molar-refractivity contribution in [2.75, 3.05) is 0 Å². The van der Waals surface area contributed by atoms with E-state index >= 15 is 0 Å². The smallest absolute Gasteiger partial charge is 0.155 e. The Hall–Kier alpha value is -1.16. The van der Waals surface area contributed by atoms with Gasteiger partial charge in [0, 0.05) is 18.3 Å². The zero-order valence-electron chi connectivity index (χ0n) is 13.3. The monoisotopic (exact) mass is 289 g/mol. The summed E-state index contributed by atoms with van der Waals surface area (Å²) < 4.78 is 1.98. The van der Waals surface area contributed by atoms with Crippen molar-refractivity contribution >= 4 is 5.78 Å². The van der Waals surface area contributed by atoms with E-state index in [1.165, 1.54) is 25.7 Å². The first kappa shape index (κ1) is 14.8. The summed E-state index contributed by atoms with van der Waals surface area (Å²) in [4.78, 5) is 12.6. The molecule has 1 saturated heterocycles. The first-order valence-corrected chi connectivity index (χ1v) is 8.55. The minimum absolute atomic E-state index is 0.0726. The molecule has 0 radical (unpaired) electrons. The number of ketones is 1. The van der Waals surface area contributed by atoms with Crippen LogP contribution in [-0.2, 0) is 24.2 Å². The van der Waals surface area contributed by atoms with Crippen LogP contribution in [-0.4, -0.2) is 27.6 Å². The number of aryl methyl sites for hydroxylation is 2. The molecule has 0 aromatic carbocycles. The van der Waals surface area contributed by atoms with Gasteiger partial charge in [0.05, 0.1) is 18.2 Å². The number of rotatable bonds is 5. The van der Waals surface area contributed by atoms with Crippen LogP contribution in [0.25, 0.3) is 0 Å². The minimum Gasteiger partial charge on any atom is -0.304 e. The summed E-state index contributed by atoms with van der Waals surface area (Å²) in [6, 6.07) is 2.77. The lowest BCUT2D eigenvalue weighted by Crippen LogP contribution is -2.38. The molecule has 2 fully saturated rings. The van der Waals surface area contributed by atoms with Crippen molar-refractivity contribution in [3.8, 4) is 0 Å². The van der Waals surface area contributed by atoms with Gasteiger partial charge in [-0.3, -0.25) is 9.48 Å². The fourth-order valence-electron chi connectivity index (χ4n) is 3.97. The molecule has 4 nitrogen and oxygen atoms in total. The molecule has 0 spiro atoms. The van der Waals surface area contributed by atoms with Crippen molar-refractivity contribution < 1.29 is 4.79 Å². The Kier molecular flexibility index (Phi) is 4.43. The number of nitrogens with one attached hydrogen (secondary N) is 1. The quantitative estimate of drug-likeness (QED) is 0.906. The molecule has 1 aliphatic heterocycles. The third-order valence-electron chi connectivity index (χ3n) is 5.18. The van der Waals surface area contributed by atoms with Gasteiger partial charge in [-0.2, -0.15) is 5.10 Å². The maximum absolute atomic E-state index is 12.6. The standard InChI is InChI=1S/C17H27N3O/c1-3-13-10-14(20(4-2)19-13)11-17(21)16-9-12-7-5-6-8-15(12)18-16/h10,12,15-16,18H,3-9,11H2,1-2H3. The van der Waals surface area contributed by atoms with E-state index in [9.17, 15) is 4.79 Å². The first-order valence-electron chi connectivity index (χ1n) is 8.55. The van der Waals surface area contributed by atoms with E-state index in [2.05, 4.69) is 30.3 Å². The van der Waals surface area contributed by atoms with Crippen LogP contribution in [0.5, 0.6) is 0 Å². The molecular weight excluding hydrogens is 262 g/mol. The number of nitrogens with zero attached hydrogens (tertiary/aromatic N) is 2. The molecule has 1 aliphatic carbocycles. The molecule has 4 heteroatoms. The Morgan fingerprint density at radius 2 is 2.19 bits per heavy atom. The molecular formula is C17H27N3O. The summed E-state index contributed by atoms with van der Waals surface area (Å²) in [6.45, 7) is 5.03. The van der Waals surface area contributed by atoms with Gasteiger partial charge in [0.25, 0.3) is 0 Å². The van der Waals surface area contributed by atoms with Crippen LogP contribution in [0.1, 0.15) is 57.3 Å². The number of fused-ring (bicyclic) bond motifs is 1. The van der Waals surface area contributed by atoms with Gasteiger partial charge < -0.3 is 5.32 Å². The van der Waals surface area contributed by atoms with Gasteiger partial charge in [0.2, 0.25) is 0 Å². The van der Waals surface area contributed by atoms with E-state index < -0.39 is 0 Å². The molecule has 0 amide bonds. The van der Waals surface area contributed by atoms with Crippen LogP contribution in [0.15, 0.2) is 6.07 Å². The van der Waals surface area contributed by atoms with Gasteiger partial charge in [-0.25, -0.2) is 0 Å². The van der Waals surface area contributed by atoms with Crippen molar-refractivity contribution in [3.05, 3.63) is 17.5 Å². The van der Waals surface area contributed by atoms with Crippen molar-refractivity contribution in [2.45, 2.75) is 77.4 Å². The molecule has 1 aromatic heterocycles. The fraction of sp³-hybridized carbons (Fsp3) is 0.765. The maximum atomic E-state index is 12.6. The van der Waals surface area contributed by atoms with Gasteiger partial charge in [-0.05, 0) is 44.6 Å². The molecule has 1 aromatic rings. The fourth-order valence-corrected chi connectivity index (χ4v) is 3.97.